The van der Waals surface area contributed by atoms with E-state index in [9.17, 15) is 4.79 Å². The molecule has 1 amide bonds. The average Bonchev–Trinajstić information content (AvgIpc) is 3.04. The minimum atomic E-state index is -0.403. The van der Waals surface area contributed by atoms with Crippen LogP contribution in [0.3, 0.4) is 0 Å². The third kappa shape index (κ3) is 5.03. The standard InChI is InChI=1S/C21H23Cl2N3O3S/c1-12-9-17(19(29-4)11-15(12)23)24-20(27)13(2)30-21-25-16-10-14(22)5-6-18(16)26(21)7-8-28-3/h5-6,9-11,13H,7-8H2,1-4H3,(H,24,27). The van der Waals surface area contributed by atoms with Crippen molar-refractivity contribution >= 4 is 57.6 Å². The Hall–Kier alpha value is -1.93. The Balaban J connectivity index is 1.83. The van der Waals surface area contributed by atoms with Gasteiger partial charge in [-0.15, -0.1) is 0 Å². The molecule has 1 aromatic heterocycles. The first-order valence-corrected chi connectivity index (χ1v) is 10.9. The maximum Gasteiger partial charge on any atom is 0.237 e. The highest BCUT2D eigenvalue weighted by Gasteiger charge is 2.21. The number of nitrogens with one attached hydrogen (secondary N) is 1. The number of nitrogens with zero attached hydrogens (tertiary/aromatic N) is 2. The number of hydrogen-bond acceptors (Lipinski definition) is 5. The van der Waals surface area contributed by atoms with E-state index in [1.807, 2.05) is 36.6 Å². The molecule has 0 saturated carbocycles. The van der Waals surface area contributed by atoms with E-state index in [0.717, 1.165) is 21.8 Å². The van der Waals surface area contributed by atoms with Gasteiger partial charge in [-0.2, -0.15) is 0 Å². The number of imidazole rings is 1. The van der Waals surface area contributed by atoms with Crippen molar-refractivity contribution in [3.63, 3.8) is 0 Å². The molecule has 3 aromatic rings. The zero-order chi connectivity index (χ0) is 21.8. The minimum absolute atomic E-state index is 0.164. The Labute approximate surface area is 189 Å². The number of anilines is 1. The maximum atomic E-state index is 12.9. The summed E-state index contributed by atoms with van der Waals surface area (Å²) >= 11 is 13.6. The van der Waals surface area contributed by atoms with Gasteiger partial charge < -0.3 is 19.4 Å². The number of halogens is 2. The van der Waals surface area contributed by atoms with Gasteiger partial charge >= 0.3 is 0 Å². The minimum Gasteiger partial charge on any atom is -0.495 e. The van der Waals surface area contributed by atoms with Crippen LogP contribution < -0.4 is 10.1 Å². The summed E-state index contributed by atoms with van der Waals surface area (Å²) in [5.74, 6) is 0.349. The van der Waals surface area contributed by atoms with Gasteiger partial charge in [0.05, 0.1) is 35.7 Å². The van der Waals surface area contributed by atoms with Crippen LogP contribution in [0.15, 0.2) is 35.5 Å². The number of hydrogen-bond donors (Lipinski definition) is 1. The molecule has 0 radical (unpaired) electrons. The number of carbonyl (C=O) groups excluding carboxylic acids is 1. The van der Waals surface area contributed by atoms with Crippen LogP contribution in [0, 0.1) is 6.92 Å². The number of amides is 1. The first-order valence-electron chi connectivity index (χ1n) is 9.30. The molecular formula is C21H23Cl2N3O3S. The molecule has 1 N–H and O–H groups in total. The van der Waals surface area contributed by atoms with Crippen molar-refractivity contribution in [1.82, 2.24) is 9.55 Å². The number of methoxy groups -OCH3 is 2. The highest BCUT2D eigenvalue weighted by Crippen LogP contribution is 2.33. The number of aromatic nitrogens is 2. The Kier molecular flexibility index (Phi) is 7.52. The number of fused-ring (bicyclic) bond motifs is 1. The van der Waals surface area contributed by atoms with Crippen molar-refractivity contribution in [2.45, 2.75) is 30.8 Å². The topological polar surface area (TPSA) is 65.4 Å². The van der Waals surface area contributed by atoms with E-state index in [-0.39, 0.29) is 5.91 Å². The van der Waals surface area contributed by atoms with Crippen LogP contribution in [0.1, 0.15) is 12.5 Å². The number of rotatable bonds is 8. The summed E-state index contributed by atoms with van der Waals surface area (Å²) in [5.41, 5.74) is 3.16. The SMILES string of the molecule is COCCn1c(SC(C)C(=O)Nc2cc(C)c(Cl)cc2OC)nc2cc(Cl)ccc21. The fourth-order valence-corrected chi connectivity index (χ4v) is 4.22. The molecule has 1 heterocycles. The number of benzene rings is 2. The molecule has 1 unspecified atom stereocenters. The molecule has 9 heteroatoms. The molecule has 1 atom stereocenters. The Morgan fingerprint density at radius 3 is 2.73 bits per heavy atom. The maximum absolute atomic E-state index is 12.9. The van der Waals surface area contributed by atoms with Crippen LogP contribution in [-0.4, -0.2) is 41.5 Å². The van der Waals surface area contributed by atoms with E-state index in [1.165, 1.54) is 18.9 Å². The van der Waals surface area contributed by atoms with Gasteiger partial charge in [0.15, 0.2) is 5.16 Å². The third-order valence-corrected chi connectivity index (χ3v) is 6.32. The smallest absolute Gasteiger partial charge is 0.237 e. The lowest BCUT2D eigenvalue weighted by Gasteiger charge is -2.16. The van der Waals surface area contributed by atoms with Crippen LogP contribution in [0.2, 0.25) is 10.0 Å². The Morgan fingerprint density at radius 1 is 1.27 bits per heavy atom. The first kappa shape index (κ1) is 22.7. The zero-order valence-electron chi connectivity index (χ0n) is 17.2. The second-order valence-electron chi connectivity index (χ2n) is 6.72. The quantitative estimate of drug-likeness (QED) is 0.447. The summed E-state index contributed by atoms with van der Waals surface area (Å²) in [5, 5.41) is 4.45. The molecule has 0 spiro atoms. The lowest BCUT2D eigenvalue weighted by molar-refractivity contribution is -0.115. The summed E-state index contributed by atoms with van der Waals surface area (Å²) in [6, 6.07) is 9.06. The van der Waals surface area contributed by atoms with Gasteiger partial charge in [0.25, 0.3) is 0 Å². The van der Waals surface area contributed by atoms with Crippen LogP contribution in [0.5, 0.6) is 5.75 Å². The lowest BCUT2D eigenvalue weighted by Crippen LogP contribution is -2.23. The second-order valence-corrected chi connectivity index (χ2v) is 8.87. The molecule has 3 rings (SSSR count). The average molecular weight is 468 g/mol. The largest absolute Gasteiger partial charge is 0.495 e. The van der Waals surface area contributed by atoms with Gasteiger partial charge in [-0.25, -0.2) is 4.98 Å². The molecule has 6 nitrogen and oxygen atoms in total. The van der Waals surface area contributed by atoms with Gasteiger partial charge in [-0.3, -0.25) is 4.79 Å². The molecule has 0 saturated heterocycles. The molecule has 0 aliphatic rings. The van der Waals surface area contributed by atoms with Crippen molar-refractivity contribution in [2.75, 3.05) is 26.1 Å². The summed E-state index contributed by atoms with van der Waals surface area (Å²) in [7, 11) is 3.19. The van der Waals surface area contributed by atoms with E-state index in [2.05, 4.69) is 10.3 Å². The molecule has 0 aliphatic heterocycles. The summed E-state index contributed by atoms with van der Waals surface area (Å²) in [6.45, 7) is 4.86. The highest BCUT2D eigenvalue weighted by molar-refractivity contribution is 8.00. The van der Waals surface area contributed by atoms with E-state index in [1.54, 1.807) is 19.2 Å². The molecule has 2 aromatic carbocycles. The summed E-state index contributed by atoms with van der Waals surface area (Å²) < 4.78 is 12.6. The zero-order valence-corrected chi connectivity index (χ0v) is 19.5. The highest BCUT2D eigenvalue weighted by atomic mass is 35.5. The van der Waals surface area contributed by atoms with Crippen LogP contribution in [-0.2, 0) is 16.1 Å². The summed E-state index contributed by atoms with van der Waals surface area (Å²) in [4.78, 5) is 17.6. The third-order valence-electron chi connectivity index (χ3n) is 4.58. The van der Waals surface area contributed by atoms with Crippen molar-refractivity contribution < 1.29 is 14.3 Å². The number of aryl methyl sites for hydroxylation is 1. The number of ether oxygens (including phenoxy) is 2. The normalized spacial score (nSPS) is 12.2. The van der Waals surface area contributed by atoms with Crippen molar-refractivity contribution in [3.05, 3.63) is 45.9 Å². The van der Waals surface area contributed by atoms with Crippen LogP contribution in [0.25, 0.3) is 11.0 Å². The van der Waals surface area contributed by atoms with Gasteiger partial charge in [-0.05, 0) is 43.7 Å². The van der Waals surface area contributed by atoms with Crippen LogP contribution >= 0.6 is 35.0 Å². The summed E-state index contributed by atoms with van der Waals surface area (Å²) in [6.07, 6.45) is 0. The number of carbonyl (C=O) groups is 1. The predicted molar refractivity (Wildman–Crippen MR) is 123 cm³/mol. The molecular weight excluding hydrogens is 445 g/mol. The predicted octanol–water partition coefficient (Wildman–Crippen LogP) is 5.43. The Morgan fingerprint density at radius 2 is 2.03 bits per heavy atom. The second kappa shape index (κ2) is 9.92. The van der Waals surface area contributed by atoms with Crippen LogP contribution in [0.4, 0.5) is 5.69 Å². The van der Waals surface area contributed by atoms with E-state index >= 15 is 0 Å². The lowest BCUT2D eigenvalue weighted by atomic mass is 10.2. The van der Waals surface area contributed by atoms with E-state index in [4.69, 9.17) is 32.7 Å². The van der Waals surface area contributed by atoms with E-state index < -0.39 is 5.25 Å². The Bertz CT molecular complexity index is 1070. The molecule has 160 valence electrons. The van der Waals surface area contributed by atoms with Crippen molar-refractivity contribution in [2.24, 2.45) is 0 Å². The van der Waals surface area contributed by atoms with Gasteiger partial charge in [0.1, 0.15) is 5.75 Å². The van der Waals surface area contributed by atoms with Crippen molar-refractivity contribution in [1.29, 1.82) is 0 Å². The first-order chi connectivity index (χ1) is 14.3. The molecule has 0 fully saturated rings. The molecule has 0 aliphatic carbocycles. The fourth-order valence-electron chi connectivity index (χ4n) is 2.95. The monoisotopic (exact) mass is 467 g/mol. The molecule has 30 heavy (non-hydrogen) atoms. The fraction of sp³-hybridized carbons (Fsp3) is 0.333. The van der Waals surface area contributed by atoms with Gasteiger partial charge in [0, 0.05) is 29.8 Å². The van der Waals surface area contributed by atoms with Crippen molar-refractivity contribution in [3.8, 4) is 5.75 Å². The van der Waals surface area contributed by atoms with Gasteiger partial charge in [0.2, 0.25) is 5.91 Å². The molecule has 0 bridgehead atoms. The number of thioether (sulfide) groups is 1. The van der Waals surface area contributed by atoms with E-state index in [0.29, 0.717) is 34.6 Å². The van der Waals surface area contributed by atoms with Gasteiger partial charge in [-0.1, -0.05) is 35.0 Å².